The number of esters is 1. The van der Waals surface area contributed by atoms with Crippen molar-refractivity contribution in [2.24, 2.45) is 0 Å². The number of nitrogens with one attached hydrogen (secondary N) is 1. The van der Waals surface area contributed by atoms with Gasteiger partial charge in [0.15, 0.2) is 0 Å². The lowest BCUT2D eigenvalue weighted by molar-refractivity contribution is 0.0118. The Morgan fingerprint density at radius 2 is 1.84 bits per heavy atom. The Bertz CT molecular complexity index is 610. The number of amides is 1. The van der Waals surface area contributed by atoms with Crippen molar-refractivity contribution in [2.45, 2.75) is 38.6 Å². The molecule has 0 radical (unpaired) electrons. The van der Waals surface area contributed by atoms with Crippen molar-refractivity contribution in [3.05, 3.63) is 29.3 Å². The largest absolute Gasteiger partial charge is 0.496 e. The van der Waals surface area contributed by atoms with Crippen LogP contribution >= 0.6 is 0 Å². The van der Waals surface area contributed by atoms with Crippen LogP contribution in [0.2, 0.25) is 0 Å². The van der Waals surface area contributed by atoms with E-state index in [1.807, 2.05) is 0 Å². The molecular weight excluding hydrogens is 330 g/mol. The van der Waals surface area contributed by atoms with Crippen LogP contribution in [0.5, 0.6) is 5.75 Å². The molecule has 0 saturated carbocycles. The summed E-state index contributed by atoms with van der Waals surface area (Å²) in [7, 11) is 2.63. The summed E-state index contributed by atoms with van der Waals surface area (Å²) in [5.41, 5.74) is -0.147. The van der Waals surface area contributed by atoms with Crippen LogP contribution < -0.4 is 10.1 Å². The molecule has 3 N–H and O–H groups in total. The van der Waals surface area contributed by atoms with E-state index in [0.717, 1.165) is 0 Å². The van der Waals surface area contributed by atoms with E-state index in [4.69, 9.17) is 9.47 Å². The number of hydrogen-bond acceptors (Lipinski definition) is 7. The van der Waals surface area contributed by atoms with Gasteiger partial charge < -0.3 is 29.7 Å². The van der Waals surface area contributed by atoms with Gasteiger partial charge in [0.1, 0.15) is 23.6 Å². The van der Waals surface area contributed by atoms with Gasteiger partial charge in [-0.15, -0.1) is 0 Å². The van der Waals surface area contributed by atoms with Gasteiger partial charge in [-0.1, -0.05) is 6.07 Å². The highest BCUT2D eigenvalue weighted by Crippen LogP contribution is 2.28. The summed E-state index contributed by atoms with van der Waals surface area (Å²) >= 11 is 0. The minimum absolute atomic E-state index is 0.215. The van der Waals surface area contributed by atoms with Crippen molar-refractivity contribution in [1.29, 1.82) is 0 Å². The summed E-state index contributed by atoms with van der Waals surface area (Å²) in [6.45, 7) is 4.92. The Morgan fingerprint density at radius 3 is 2.36 bits per heavy atom. The van der Waals surface area contributed by atoms with E-state index in [-0.39, 0.29) is 23.4 Å². The van der Waals surface area contributed by atoms with Crippen LogP contribution in [0, 0.1) is 0 Å². The molecule has 2 unspecified atom stereocenters. The first-order valence-corrected chi connectivity index (χ1v) is 7.68. The number of benzene rings is 1. The second-order valence-electron chi connectivity index (χ2n) is 6.34. The smallest absolute Gasteiger partial charge is 0.407 e. The van der Waals surface area contributed by atoms with Gasteiger partial charge in [0.2, 0.25) is 0 Å². The SMILES string of the molecule is COC(=O)c1ccc(C(O)C(O)CNC(=O)OC(C)(C)C)c(OC)c1. The Morgan fingerprint density at radius 1 is 1.20 bits per heavy atom. The van der Waals surface area contributed by atoms with E-state index in [9.17, 15) is 19.8 Å². The second kappa shape index (κ2) is 8.68. The lowest BCUT2D eigenvalue weighted by Crippen LogP contribution is -2.38. The summed E-state index contributed by atoms with van der Waals surface area (Å²) in [6, 6.07) is 4.30. The lowest BCUT2D eigenvalue weighted by atomic mass is 10.0. The molecule has 8 heteroatoms. The number of aliphatic hydroxyl groups is 2. The van der Waals surface area contributed by atoms with Crippen LogP contribution in [0.3, 0.4) is 0 Å². The molecule has 1 aromatic rings. The molecule has 0 aromatic heterocycles. The first-order valence-electron chi connectivity index (χ1n) is 7.68. The maximum absolute atomic E-state index is 11.6. The van der Waals surface area contributed by atoms with Crippen molar-refractivity contribution in [1.82, 2.24) is 5.32 Å². The fraction of sp³-hybridized carbons (Fsp3) is 0.529. The molecule has 1 amide bonds. The van der Waals surface area contributed by atoms with E-state index in [1.54, 1.807) is 20.8 Å². The number of carbonyl (C=O) groups excluding carboxylic acids is 2. The monoisotopic (exact) mass is 355 g/mol. The van der Waals surface area contributed by atoms with E-state index in [0.29, 0.717) is 0 Å². The number of hydrogen-bond donors (Lipinski definition) is 3. The number of aliphatic hydroxyl groups excluding tert-OH is 2. The Hall–Kier alpha value is -2.32. The van der Waals surface area contributed by atoms with E-state index in [2.05, 4.69) is 10.1 Å². The number of alkyl carbamates (subject to hydrolysis) is 1. The van der Waals surface area contributed by atoms with Crippen molar-refractivity contribution in [2.75, 3.05) is 20.8 Å². The average Bonchev–Trinajstić information content (AvgIpc) is 2.56. The van der Waals surface area contributed by atoms with Crippen LogP contribution in [-0.2, 0) is 9.47 Å². The van der Waals surface area contributed by atoms with Crippen LogP contribution in [0.15, 0.2) is 18.2 Å². The van der Waals surface area contributed by atoms with Gasteiger partial charge in [-0.05, 0) is 32.9 Å². The van der Waals surface area contributed by atoms with Crippen LogP contribution in [0.4, 0.5) is 4.79 Å². The van der Waals surface area contributed by atoms with Crippen molar-refractivity contribution < 1.29 is 34.0 Å². The topological polar surface area (TPSA) is 114 Å². The molecular formula is C17H25NO7. The Balaban J connectivity index is 2.79. The fourth-order valence-corrected chi connectivity index (χ4v) is 2.02. The summed E-state index contributed by atoms with van der Waals surface area (Å²) in [5, 5.41) is 22.8. The molecule has 0 spiro atoms. The lowest BCUT2D eigenvalue weighted by Gasteiger charge is -2.23. The second-order valence-corrected chi connectivity index (χ2v) is 6.34. The molecule has 0 bridgehead atoms. The zero-order chi connectivity index (χ0) is 19.2. The minimum atomic E-state index is -1.34. The molecule has 1 aromatic carbocycles. The van der Waals surface area contributed by atoms with E-state index in [1.165, 1.54) is 32.4 Å². The van der Waals surface area contributed by atoms with Crippen molar-refractivity contribution in [3.8, 4) is 5.75 Å². The molecule has 8 nitrogen and oxygen atoms in total. The zero-order valence-corrected chi connectivity index (χ0v) is 15.0. The zero-order valence-electron chi connectivity index (χ0n) is 15.0. The van der Waals surface area contributed by atoms with E-state index >= 15 is 0 Å². The normalized spacial score (nSPS) is 13.6. The van der Waals surface area contributed by atoms with Crippen LogP contribution in [0.25, 0.3) is 0 Å². The van der Waals surface area contributed by atoms with Gasteiger partial charge in [-0.25, -0.2) is 9.59 Å². The number of ether oxygens (including phenoxy) is 3. The highest BCUT2D eigenvalue weighted by Gasteiger charge is 2.24. The van der Waals surface area contributed by atoms with Gasteiger partial charge in [0, 0.05) is 12.1 Å². The van der Waals surface area contributed by atoms with Gasteiger partial charge in [-0.3, -0.25) is 0 Å². The summed E-state index contributed by atoms with van der Waals surface area (Å²) in [6.07, 6.45) is -3.34. The predicted octanol–water partition coefficient (Wildman–Crippen LogP) is 1.40. The molecule has 0 fully saturated rings. The molecule has 0 aliphatic carbocycles. The molecule has 1 rings (SSSR count). The van der Waals surface area contributed by atoms with Gasteiger partial charge in [0.05, 0.1) is 19.8 Å². The van der Waals surface area contributed by atoms with Crippen LogP contribution in [0.1, 0.15) is 42.8 Å². The highest BCUT2D eigenvalue weighted by atomic mass is 16.6. The maximum atomic E-state index is 11.6. The molecule has 140 valence electrons. The van der Waals surface area contributed by atoms with E-state index < -0.39 is 29.9 Å². The van der Waals surface area contributed by atoms with Crippen LogP contribution in [-0.4, -0.2) is 54.7 Å². The molecule has 0 aliphatic rings. The maximum Gasteiger partial charge on any atom is 0.407 e. The van der Waals surface area contributed by atoms with Crippen molar-refractivity contribution >= 4 is 12.1 Å². The number of methoxy groups -OCH3 is 2. The van der Waals surface area contributed by atoms with Crippen molar-refractivity contribution in [3.63, 3.8) is 0 Å². The molecule has 25 heavy (non-hydrogen) atoms. The fourth-order valence-electron chi connectivity index (χ4n) is 2.02. The third-order valence-electron chi connectivity index (χ3n) is 3.19. The summed E-state index contributed by atoms with van der Waals surface area (Å²) in [5.74, 6) is -0.335. The number of carbonyl (C=O) groups is 2. The van der Waals surface area contributed by atoms with Gasteiger partial charge in [-0.2, -0.15) is 0 Å². The third-order valence-corrected chi connectivity index (χ3v) is 3.19. The summed E-state index contributed by atoms with van der Waals surface area (Å²) < 4.78 is 14.8. The number of rotatable bonds is 6. The Labute approximate surface area is 146 Å². The molecule has 0 saturated heterocycles. The average molecular weight is 355 g/mol. The van der Waals surface area contributed by atoms with Gasteiger partial charge >= 0.3 is 12.1 Å². The first-order chi connectivity index (χ1) is 11.6. The quantitative estimate of drug-likeness (QED) is 0.661. The standard InChI is InChI=1S/C17H25NO7/c1-17(2,3)25-16(22)18-9-12(19)14(20)11-7-6-10(15(21)24-5)8-13(11)23-4/h6-8,12,14,19-20H,9H2,1-5H3,(H,18,22). The molecule has 2 atom stereocenters. The predicted molar refractivity (Wildman–Crippen MR) is 89.5 cm³/mol. The molecule has 0 heterocycles. The first kappa shape index (κ1) is 20.7. The third kappa shape index (κ3) is 6.24. The highest BCUT2D eigenvalue weighted by molar-refractivity contribution is 5.89. The Kier molecular flexibility index (Phi) is 7.20. The van der Waals surface area contributed by atoms with Gasteiger partial charge in [0.25, 0.3) is 0 Å². The summed E-state index contributed by atoms with van der Waals surface area (Å²) in [4.78, 5) is 23.1. The molecule has 0 aliphatic heterocycles. The minimum Gasteiger partial charge on any atom is -0.496 e.